The number of hydrogen-bond donors (Lipinski definition) is 1. The molecule has 1 saturated heterocycles. The Labute approximate surface area is 99.9 Å². The largest absolute Gasteiger partial charge is 0.384 e. The number of ether oxygens (including phenoxy) is 1. The first-order chi connectivity index (χ1) is 8.00. The van der Waals surface area contributed by atoms with E-state index in [-0.39, 0.29) is 16.0 Å². The Balaban J connectivity index is 2.08. The van der Waals surface area contributed by atoms with E-state index in [4.69, 9.17) is 4.74 Å². The van der Waals surface area contributed by atoms with Crippen molar-refractivity contribution in [3.63, 3.8) is 0 Å². The van der Waals surface area contributed by atoms with Crippen LogP contribution in [0.15, 0.2) is 18.2 Å². The number of anilines is 1. The summed E-state index contributed by atoms with van der Waals surface area (Å²) in [5, 5.41) is 14.0. The first-order valence-electron chi connectivity index (χ1n) is 5.57. The summed E-state index contributed by atoms with van der Waals surface area (Å²) in [6.45, 7) is 6.33. The van der Waals surface area contributed by atoms with Crippen LogP contribution in [-0.4, -0.2) is 24.7 Å². The van der Waals surface area contributed by atoms with Gasteiger partial charge < -0.3 is 10.1 Å². The number of nitrogens with one attached hydrogen (secondary N) is 1. The van der Waals surface area contributed by atoms with E-state index in [1.165, 1.54) is 6.07 Å². The van der Waals surface area contributed by atoms with Crippen molar-refractivity contribution in [3.8, 4) is 0 Å². The summed E-state index contributed by atoms with van der Waals surface area (Å²) in [7, 11) is 0. The van der Waals surface area contributed by atoms with Gasteiger partial charge in [-0.3, -0.25) is 10.1 Å². The summed E-state index contributed by atoms with van der Waals surface area (Å²) in [4.78, 5) is 10.3. The van der Waals surface area contributed by atoms with Gasteiger partial charge in [0.25, 0.3) is 5.69 Å². The van der Waals surface area contributed by atoms with Gasteiger partial charge in [0.1, 0.15) is 0 Å². The van der Waals surface area contributed by atoms with Crippen LogP contribution in [0.1, 0.15) is 12.5 Å². The second-order valence-corrected chi connectivity index (χ2v) is 4.91. The molecule has 1 aromatic carbocycles. The van der Waals surface area contributed by atoms with Crippen molar-refractivity contribution in [2.45, 2.75) is 13.8 Å². The molecule has 0 saturated carbocycles. The third-order valence-corrected chi connectivity index (χ3v) is 3.04. The third kappa shape index (κ3) is 2.55. The number of benzene rings is 1. The summed E-state index contributed by atoms with van der Waals surface area (Å²) in [5.41, 5.74) is 2.11. The first kappa shape index (κ1) is 11.9. The minimum atomic E-state index is -0.376. The summed E-state index contributed by atoms with van der Waals surface area (Å²) in [6, 6.07) is 4.87. The second kappa shape index (κ2) is 4.33. The zero-order valence-electron chi connectivity index (χ0n) is 10.0. The molecule has 0 aliphatic carbocycles. The smallest absolute Gasteiger partial charge is 0.271 e. The molecule has 0 aromatic heterocycles. The van der Waals surface area contributed by atoms with Gasteiger partial charge in [-0.15, -0.1) is 0 Å². The maximum Gasteiger partial charge on any atom is 0.271 e. The SMILES string of the molecule is Cc1ccc([N+](=O)[O-])cc1NCC1(C)COC1. The van der Waals surface area contributed by atoms with E-state index in [2.05, 4.69) is 12.2 Å². The predicted octanol–water partition coefficient (Wildman–Crippen LogP) is 2.35. The van der Waals surface area contributed by atoms with Crippen molar-refractivity contribution < 1.29 is 9.66 Å². The van der Waals surface area contributed by atoms with Crippen LogP contribution in [0.2, 0.25) is 0 Å². The molecule has 1 aliphatic heterocycles. The summed E-state index contributed by atoms with van der Waals surface area (Å²) in [6.07, 6.45) is 0. The van der Waals surface area contributed by atoms with Crippen molar-refractivity contribution in [2.24, 2.45) is 5.41 Å². The lowest BCUT2D eigenvalue weighted by molar-refractivity contribution is -0.384. The van der Waals surface area contributed by atoms with Crippen molar-refractivity contribution in [3.05, 3.63) is 33.9 Å². The van der Waals surface area contributed by atoms with Crippen molar-refractivity contribution in [1.82, 2.24) is 0 Å². The first-order valence-corrected chi connectivity index (χ1v) is 5.57. The highest BCUT2D eigenvalue weighted by atomic mass is 16.6. The topological polar surface area (TPSA) is 64.4 Å². The number of rotatable bonds is 4. The molecule has 2 rings (SSSR count). The molecule has 0 atom stereocenters. The van der Waals surface area contributed by atoms with Crippen LogP contribution in [-0.2, 0) is 4.74 Å². The molecule has 1 aliphatic rings. The Morgan fingerprint density at radius 1 is 1.53 bits per heavy atom. The van der Waals surface area contributed by atoms with Gasteiger partial charge in [0, 0.05) is 29.8 Å². The summed E-state index contributed by atoms with van der Waals surface area (Å²) < 4.78 is 5.17. The van der Waals surface area contributed by atoms with Crippen LogP contribution >= 0.6 is 0 Å². The van der Waals surface area contributed by atoms with Crippen LogP contribution in [0.3, 0.4) is 0 Å². The Morgan fingerprint density at radius 2 is 2.24 bits per heavy atom. The number of hydrogen-bond acceptors (Lipinski definition) is 4. The van der Waals surface area contributed by atoms with Gasteiger partial charge in [0.05, 0.1) is 18.1 Å². The number of nitro groups is 1. The van der Waals surface area contributed by atoms with Crippen LogP contribution in [0.5, 0.6) is 0 Å². The van der Waals surface area contributed by atoms with Gasteiger partial charge in [-0.2, -0.15) is 0 Å². The van der Waals surface area contributed by atoms with Gasteiger partial charge >= 0.3 is 0 Å². The van der Waals surface area contributed by atoms with Crippen LogP contribution in [0.25, 0.3) is 0 Å². The molecule has 0 radical (unpaired) electrons. The monoisotopic (exact) mass is 236 g/mol. The minimum Gasteiger partial charge on any atom is -0.384 e. The fraction of sp³-hybridized carbons (Fsp3) is 0.500. The predicted molar refractivity (Wildman–Crippen MR) is 65.2 cm³/mol. The lowest BCUT2D eigenvalue weighted by atomic mass is 9.88. The van der Waals surface area contributed by atoms with Gasteiger partial charge in [-0.1, -0.05) is 13.0 Å². The highest BCUT2D eigenvalue weighted by Crippen LogP contribution is 2.28. The molecule has 5 heteroatoms. The fourth-order valence-corrected chi connectivity index (χ4v) is 1.78. The van der Waals surface area contributed by atoms with Gasteiger partial charge in [0.2, 0.25) is 0 Å². The Bertz CT molecular complexity index is 441. The van der Waals surface area contributed by atoms with Gasteiger partial charge in [0.15, 0.2) is 0 Å². The number of nitro benzene ring substituents is 1. The number of nitrogens with zero attached hydrogens (tertiary/aromatic N) is 1. The van der Waals surface area contributed by atoms with Crippen molar-refractivity contribution in [1.29, 1.82) is 0 Å². The fourth-order valence-electron chi connectivity index (χ4n) is 1.78. The standard InChI is InChI=1S/C12H16N2O3/c1-9-3-4-10(14(15)16)5-11(9)13-6-12(2)7-17-8-12/h3-5,13H,6-8H2,1-2H3. The molecule has 0 amide bonds. The van der Waals surface area contributed by atoms with Crippen LogP contribution in [0, 0.1) is 22.5 Å². The zero-order valence-corrected chi connectivity index (χ0v) is 10.0. The maximum absolute atomic E-state index is 10.7. The zero-order chi connectivity index (χ0) is 12.5. The molecular weight excluding hydrogens is 220 g/mol. The van der Waals surface area contributed by atoms with E-state index in [0.717, 1.165) is 31.0 Å². The van der Waals surface area contributed by atoms with E-state index in [1.54, 1.807) is 12.1 Å². The number of non-ortho nitro benzene ring substituents is 1. The molecule has 1 heterocycles. The van der Waals surface area contributed by atoms with E-state index in [0.29, 0.717) is 0 Å². The molecule has 1 fully saturated rings. The van der Waals surface area contributed by atoms with Crippen LogP contribution in [0.4, 0.5) is 11.4 Å². The third-order valence-electron chi connectivity index (χ3n) is 3.04. The average Bonchev–Trinajstić information content (AvgIpc) is 2.25. The quantitative estimate of drug-likeness (QED) is 0.643. The molecule has 1 N–H and O–H groups in total. The highest BCUT2D eigenvalue weighted by Gasteiger charge is 2.33. The molecule has 92 valence electrons. The van der Waals surface area contributed by atoms with Gasteiger partial charge in [-0.25, -0.2) is 0 Å². The average molecular weight is 236 g/mol. The molecule has 1 aromatic rings. The highest BCUT2D eigenvalue weighted by molar-refractivity contribution is 5.56. The van der Waals surface area contributed by atoms with Crippen molar-refractivity contribution in [2.75, 3.05) is 25.1 Å². The molecule has 5 nitrogen and oxygen atoms in total. The molecule has 0 unspecified atom stereocenters. The van der Waals surface area contributed by atoms with E-state index in [1.807, 2.05) is 6.92 Å². The molecular formula is C12H16N2O3. The minimum absolute atomic E-state index is 0.119. The van der Waals surface area contributed by atoms with E-state index < -0.39 is 0 Å². The Kier molecular flexibility index (Phi) is 3.02. The van der Waals surface area contributed by atoms with E-state index in [9.17, 15) is 10.1 Å². The normalized spacial score (nSPS) is 17.3. The molecule has 0 spiro atoms. The summed E-state index contributed by atoms with van der Waals surface area (Å²) >= 11 is 0. The lowest BCUT2D eigenvalue weighted by Gasteiger charge is -2.38. The summed E-state index contributed by atoms with van der Waals surface area (Å²) in [5.74, 6) is 0. The molecule has 0 bridgehead atoms. The van der Waals surface area contributed by atoms with Crippen LogP contribution < -0.4 is 5.32 Å². The Morgan fingerprint density at radius 3 is 2.76 bits per heavy atom. The Hall–Kier alpha value is -1.62. The van der Waals surface area contributed by atoms with E-state index >= 15 is 0 Å². The number of aryl methyl sites for hydroxylation is 1. The lowest BCUT2D eigenvalue weighted by Crippen LogP contribution is -2.45. The van der Waals surface area contributed by atoms with Crippen molar-refractivity contribution >= 4 is 11.4 Å². The van der Waals surface area contributed by atoms with Gasteiger partial charge in [-0.05, 0) is 12.5 Å². The molecule has 17 heavy (non-hydrogen) atoms. The maximum atomic E-state index is 10.7. The second-order valence-electron chi connectivity index (χ2n) is 4.91.